The maximum absolute atomic E-state index is 14.3. The van der Waals surface area contributed by atoms with E-state index in [0.717, 1.165) is 0 Å². The molecule has 1 heterocycles. The highest BCUT2D eigenvalue weighted by molar-refractivity contribution is 5.85. The molecule has 5 nitrogen and oxygen atoms in total. The summed E-state index contributed by atoms with van der Waals surface area (Å²) in [6, 6.07) is 2.97. The Balaban J connectivity index is 0.00000242. The molecule has 0 spiro atoms. The van der Waals surface area contributed by atoms with Crippen molar-refractivity contribution in [3.05, 3.63) is 23.8 Å². The monoisotopic (exact) mass is 338 g/mol. The topological polar surface area (TPSA) is 65.0 Å². The standard InChI is InChI=1S/C14H20F2N2O3.ClH/c1-21-11-4-2-3-10(20)12(11)13(14(15,16)9-19)18-7-5-17-6-8-18;/h2-4,13,17,19-20H,5-9H2,1H3;1H/t13-;/m1./s1. The molecular formula is C14H21ClF2N2O3. The van der Waals surface area contributed by atoms with Crippen molar-refractivity contribution in [2.75, 3.05) is 39.9 Å². The Morgan fingerprint density at radius 2 is 2.00 bits per heavy atom. The van der Waals surface area contributed by atoms with Gasteiger partial charge in [0.25, 0.3) is 5.92 Å². The number of phenols is 1. The number of rotatable bonds is 5. The van der Waals surface area contributed by atoms with Crippen LogP contribution in [0.4, 0.5) is 8.78 Å². The molecule has 22 heavy (non-hydrogen) atoms. The van der Waals surface area contributed by atoms with Crippen LogP contribution >= 0.6 is 12.4 Å². The van der Waals surface area contributed by atoms with E-state index in [0.29, 0.717) is 26.2 Å². The lowest BCUT2D eigenvalue weighted by molar-refractivity contribution is -0.119. The van der Waals surface area contributed by atoms with Crippen molar-refractivity contribution in [2.24, 2.45) is 0 Å². The lowest BCUT2D eigenvalue weighted by Crippen LogP contribution is -2.51. The summed E-state index contributed by atoms with van der Waals surface area (Å²) < 4.78 is 33.7. The molecule has 3 N–H and O–H groups in total. The number of nitrogens with zero attached hydrogens (tertiary/aromatic N) is 1. The number of aliphatic hydroxyl groups is 1. The number of piperazine rings is 1. The van der Waals surface area contributed by atoms with Crippen molar-refractivity contribution in [3.63, 3.8) is 0 Å². The predicted octanol–water partition coefficient (Wildman–Crippen LogP) is 1.40. The highest BCUT2D eigenvalue weighted by Gasteiger charge is 2.46. The molecule has 0 aromatic heterocycles. The number of hydrogen-bond donors (Lipinski definition) is 3. The first-order valence-corrected chi connectivity index (χ1v) is 6.80. The molecule has 0 aliphatic carbocycles. The van der Waals surface area contributed by atoms with Gasteiger partial charge >= 0.3 is 0 Å². The normalized spacial score (nSPS) is 17.6. The van der Waals surface area contributed by atoms with Crippen LogP contribution in [0.5, 0.6) is 11.5 Å². The Morgan fingerprint density at radius 1 is 1.36 bits per heavy atom. The fourth-order valence-electron chi connectivity index (χ4n) is 2.67. The molecular weight excluding hydrogens is 318 g/mol. The number of nitrogens with one attached hydrogen (secondary N) is 1. The van der Waals surface area contributed by atoms with Crippen LogP contribution in [0.1, 0.15) is 11.6 Å². The minimum absolute atomic E-state index is 0. The SMILES string of the molecule is COc1cccc(O)c1[C@@H](N1CCNCC1)C(F)(F)CO.Cl. The Hall–Kier alpha value is -1.15. The molecule has 1 aromatic rings. The van der Waals surface area contributed by atoms with E-state index in [1.807, 2.05) is 0 Å². The molecule has 0 saturated carbocycles. The van der Waals surface area contributed by atoms with Crippen LogP contribution in [0, 0.1) is 0 Å². The molecule has 126 valence electrons. The zero-order valence-corrected chi connectivity index (χ0v) is 13.1. The highest BCUT2D eigenvalue weighted by Crippen LogP contribution is 2.44. The molecule has 1 aromatic carbocycles. The number of methoxy groups -OCH3 is 1. The second kappa shape index (κ2) is 7.92. The lowest BCUT2D eigenvalue weighted by Gasteiger charge is -2.39. The fourth-order valence-corrected chi connectivity index (χ4v) is 2.67. The first-order valence-electron chi connectivity index (χ1n) is 6.80. The number of halogens is 3. The van der Waals surface area contributed by atoms with E-state index in [2.05, 4.69) is 5.32 Å². The molecule has 0 unspecified atom stereocenters. The second-order valence-corrected chi connectivity index (χ2v) is 5.00. The van der Waals surface area contributed by atoms with Crippen molar-refractivity contribution in [1.82, 2.24) is 10.2 Å². The smallest absolute Gasteiger partial charge is 0.290 e. The van der Waals surface area contributed by atoms with Crippen LogP contribution in [0.15, 0.2) is 18.2 Å². The zero-order valence-electron chi connectivity index (χ0n) is 12.3. The average Bonchev–Trinajstić information content (AvgIpc) is 2.50. The van der Waals surface area contributed by atoms with Crippen molar-refractivity contribution in [1.29, 1.82) is 0 Å². The minimum Gasteiger partial charge on any atom is -0.507 e. The van der Waals surface area contributed by atoms with Gasteiger partial charge in [-0.15, -0.1) is 12.4 Å². The Labute approximate surface area is 134 Å². The Morgan fingerprint density at radius 3 is 2.55 bits per heavy atom. The number of alkyl halides is 2. The van der Waals surface area contributed by atoms with Gasteiger partial charge in [0, 0.05) is 26.2 Å². The molecule has 1 atom stereocenters. The third-order valence-corrected chi connectivity index (χ3v) is 3.66. The van der Waals surface area contributed by atoms with Gasteiger partial charge in [-0.05, 0) is 12.1 Å². The molecule has 1 aliphatic heterocycles. The summed E-state index contributed by atoms with van der Waals surface area (Å²) in [6.07, 6.45) is 0. The number of ether oxygens (including phenoxy) is 1. The van der Waals surface area contributed by atoms with Crippen molar-refractivity contribution in [3.8, 4) is 11.5 Å². The molecule has 1 aliphatic rings. The van der Waals surface area contributed by atoms with Crippen LogP contribution in [-0.2, 0) is 0 Å². The van der Waals surface area contributed by atoms with Gasteiger partial charge in [0.1, 0.15) is 24.1 Å². The third kappa shape index (κ3) is 3.78. The molecule has 0 radical (unpaired) electrons. The first kappa shape index (κ1) is 18.9. The molecule has 1 saturated heterocycles. The van der Waals surface area contributed by atoms with E-state index in [1.165, 1.54) is 25.3 Å². The van der Waals surface area contributed by atoms with E-state index in [4.69, 9.17) is 9.84 Å². The third-order valence-electron chi connectivity index (χ3n) is 3.66. The van der Waals surface area contributed by atoms with Gasteiger partial charge in [-0.1, -0.05) is 6.07 Å². The van der Waals surface area contributed by atoms with E-state index >= 15 is 0 Å². The summed E-state index contributed by atoms with van der Waals surface area (Å²) in [7, 11) is 1.37. The van der Waals surface area contributed by atoms with Crippen LogP contribution in [0.25, 0.3) is 0 Å². The van der Waals surface area contributed by atoms with Gasteiger partial charge in [0.2, 0.25) is 0 Å². The fraction of sp³-hybridized carbons (Fsp3) is 0.571. The van der Waals surface area contributed by atoms with Crippen molar-refractivity contribution < 1.29 is 23.7 Å². The quantitative estimate of drug-likeness (QED) is 0.757. The van der Waals surface area contributed by atoms with Crippen LogP contribution in [0.3, 0.4) is 0 Å². The van der Waals surface area contributed by atoms with Crippen LogP contribution in [0.2, 0.25) is 0 Å². The van der Waals surface area contributed by atoms with Gasteiger partial charge in [-0.25, -0.2) is 8.78 Å². The lowest BCUT2D eigenvalue weighted by atomic mass is 9.96. The van der Waals surface area contributed by atoms with Gasteiger partial charge < -0.3 is 20.3 Å². The summed E-state index contributed by atoms with van der Waals surface area (Å²) in [4.78, 5) is 1.56. The summed E-state index contributed by atoms with van der Waals surface area (Å²) in [5.74, 6) is -3.46. The van der Waals surface area contributed by atoms with E-state index in [1.54, 1.807) is 4.90 Å². The summed E-state index contributed by atoms with van der Waals surface area (Å²) >= 11 is 0. The minimum atomic E-state index is -3.39. The van der Waals surface area contributed by atoms with Gasteiger partial charge in [0.15, 0.2) is 0 Å². The van der Waals surface area contributed by atoms with Gasteiger partial charge in [-0.3, -0.25) is 4.90 Å². The number of aromatic hydroxyl groups is 1. The highest BCUT2D eigenvalue weighted by atomic mass is 35.5. The Bertz CT molecular complexity index is 485. The number of phenolic OH excluding ortho intramolecular Hbond substituents is 1. The van der Waals surface area contributed by atoms with Crippen molar-refractivity contribution >= 4 is 12.4 Å². The maximum atomic E-state index is 14.3. The molecule has 0 bridgehead atoms. The molecule has 2 rings (SSSR count). The average molecular weight is 339 g/mol. The van der Waals surface area contributed by atoms with E-state index in [9.17, 15) is 13.9 Å². The summed E-state index contributed by atoms with van der Waals surface area (Å²) in [5, 5.41) is 22.2. The summed E-state index contributed by atoms with van der Waals surface area (Å²) in [5.41, 5.74) is 0.0148. The second-order valence-electron chi connectivity index (χ2n) is 5.00. The van der Waals surface area contributed by atoms with Crippen molar-refractivity contribution in [2.45, 2.75) is 12.0 Å². The molecule has 0 amide bonds. The molecule has 1 fully saturated rings. The maximum Gasteiger partial charge on any atom is 0.290 e. The number of benzene rings is 1. The van der Waals surface area contributed by atoms with E-state index in [-0.39, 0.29) is 29.5 Å². The predicted molar refractivity (Wildman–Crippen MR) is 81.1 cm³/mol. The number of hydrogen-bond acceptors (Lipinski definition) is 5. The Kier molecular flexibility index (Phi) is 6.80. The zero-order chi connectivity index (χ0) is 15.5. The van der Waals surface area contributed by atoms with Crippen LogP contribution in [-0.4, -0.2) is 60.9 Å². The molecule has 8 heteroatoms. The van der Waals surface area contributed by atoms with Gasteiger partial charge in [-0.2, -0.15) is 0 Å². The van der Waals surface area contributed by atoms with Crippen LogP contribution < -0.4 is 10.1 Å². The number of aliphatic hydroxyl groups excluding tert-OH is 1. The summed E-state index contributed by atoms with van der Waals surface area (Å²) in [6.45, 7) is 0.663. The van der Waals surface area contributed by atoms with Gasteiger partial charge in [0.05, 0.1) is 12.7 Å². The first-order chi connectivity index (χ1) is 10.0. The largest absolute Gasteiger partial charge is 0.507 e. The van der Waals surface area contributed by atoms with E-state index < -0.39 is 18.6 Å².